The van der Waals surface area contributed by atoms with Gasteiger partial charge in [-0.2, -0.15) is 0 Å². The Kier molecular flexibility index (Phi) is 1.36. The number of rotatable bonds is 0. The molecule has 0 aliphatic carbocycles. The lowest BCUT2D eigenvalue weighted by atomic mass is 10.2. The quantitative estimate of drug-likeness (QED) is 0.436. The van der Waals surface area contributed by atoms with E-state index >= 15 is 0 Å². The van der Waals surface area contributed by atoms with Crippen molar-refractivity contribution < 1.29 is 9.53 Å². The first-order valence-electron chi connectivity index (χ1n) is 3.25. The summed E-state index contributed by atoms with van der Waals surface area (Å²) in [7, 11) is 0. The summed E-state index contributed by atoms with van der Waals surface area (Å²) in [4.78, 5) is 10.7. The predicted molar refractivity (Wildman–Crippen MR) is 40.8 cm³/mol. The third kappa shape index (κ3) is 1.10. The van der Waals surface area contributed by atoms with Crippen molar-refractivity contribution in [2.45, 2.75) is 6.42 Å². The van der Waals surface area contributed by atoms with Crippen molar-refractivity contribution in [3.63, 3.8) is 0 Å². The summed E-state index contributed by atoms with van der Waals surface area (Å²) in [5.41, 5.74) is 0.916. The van der Waals surface area contributed by atoms with Gasteiger partial charge >= 0.3 is 5.97 Å². The fourth-order valence-corrected chi connectivity index (χ4v) is 1.25. The highest BCUT2D eigenvalue weighted by atomic mass is 35.5. The average Bonchev–Trinajstić information content (AvgIpc) is 2.27. The van der Waals surface area contributed by atoms with E-state index in [1.165, 1.54) is 0 Å². The molecule has 0 unspecified atom stereocenters. The number of hydrogen-bond acceptors (Lipinski definition) is 2. The molecule has 0 fully saturated rings. The molecule has 1 aromatic carbocycles. The molecular formula is C8H5ClO2. The largest absolute Gasteiger partial charge is 0.426 e. The number of carbonyl (C=O) groups excluding carboxylic acids is 1. The van der Waals surface area contributed by atoms with E-state index in [4.69, 9.17) is 16.3 Å². The van der Waals surface area contributed by atoms with Crippen LogP contribution in [-0.4, -0.2) is 5.97 Å². The molecule has 0 saturated carbocycles. The van der Waals surface area contributed by atoms with Gasteiger partial charge in [-0.3, -0.25) is 4.79 Å². The highest BCUT2D eigenvalue weighted by Gasteiger charge is 2.19. The van der Waals surface area contributed by atoms with Crippen molar-refractivity contribution in [1.82, 2.24) is 0 Å². The summed E-state index contributed by atoms with van der Waals surface area (Å²) in [6, 6.07) is 5.21. The van der Waals surface area contributed by atoms with Crippen molar-refractivity contribution in [3.8, 4) is 5.75 Å². The molecule has 1 aliphatic heterocycles. The third-order valence-electron chi connectivity index (χ3n) is 1.59. The molecule has 11 heavy (non-hydrogen) atoms. The Morgan fingerprint density at radius 3 is 3.09 bits per heavy atom. The minimum absolute atomic E-state index is 0.206. The van der Waals surface area contributed by atoms with Crippen LogP contribution >= 0.6 is 11.6 Å². The Bertz CT molecular complexity index is 320. The minimum Gasteiger partial charge on any atom is -0.426 e. The summed E-state index contributed by atoms with van der Waals surface area (Å²) in [6.45, 7) is 0. The Morgan fingerprint density at radius 2 is 2.27 bits per heavy atom. The molecule has 1 heterocycles. The van der Waals surface area contributed by atoms with Crippen molar-refractivity contribution in [1.29, 1.82) is 0 Å². The molecule has 0 N–H and O–H groups in total. The summed E-state index contributed by atoms with van der Waals surface area (Å²) in [5.74, 6) is 0.393. The smallest absolute Gasteiger partial charge is 0.315 e. The van der Waals surface area contributed by atoms with Gasteiger partial charge in [0.15, 0.2) is 0 Å². The van der Waals surface area contributed by atoms with E-state index in [2.05, 4.69) is 0 Å². The van der Waals surface area contributed by atoms with Crippen LogP contribution in [-0.2, 0) is 11.2 Å². The van der Waals surface area contributed by atoms with E-state index in [-0.39, 0.29) is 5.97 Å². The molecule has 1 aromatic rings. The maximum absolute atomic E-state index is 10.7. The Balaban J connectivity index is 2.51. The standard InChI is InChI=1S/C8H5ClO2/c9-6-2-1-5-3-8(10)11-7(5)4-6/h1-2,4H,3H2. The van der Waals surface area contributed by atoms with Crippen LogP contribution in [0.25, 0.3) is 0 Å². The number of ether oxygens (including phenoxy) is 1. The molecule has 1 aliphatic rings. The first kappa shape index (κ1) is 6.68. The third-order valence-corrected chi connectivity index (χ3v) is 1.82. The molecular weight excluding hydrogens is 164 g/mol. The summed E-state index contributed by atoms with van der Waals surface area (Å²) in [5, 5.41) is 0.596. The normalized spacial score (nSPS) is 14.5. The average molecular weight is 169 g/mol. The van der Waals surface area contributed by atoms with Gasteiger partial charge in [-0.05, 0) is 12.1 Å². The Labute approximate surface area is 68.7 Å². The number of esters is 1. The van der Waals surface area contributed by atoms with Crippen LogP contribution in [0, 0.1) is 0 Å². The maximum atomic E-state index is 10.7. The molecule has 0 radical (unpaired) electrons. The van der Waals surface area contributed by atoms with Crippen molar-refractivity contribution >= 4 is 17.6 Å². The second-order valence-electron chi connectivity index (χ2n) is 2.40. The Morgan fingerprint density at radius 1 is 1.45 bits per heavy atom. The molecule has 0 amide bonds. The molecule has 0 saturated heterocycles. The molecule has 2 nitrogen and oxygen atoms in total. The highest BCUT2D eigenvalue weighted by Crippen LogP contribution is 2.28. The van der Waals surface area contributed by atoms with Crippen molar-refractivity contribution in [2.24, 2.45) is 0 Å². The summed E-state index contributed by atoms with van der Waals surface area (Å²) in [6.07, 6.45) is 0.368. The molecule has 0 aromatic heterocycles. The molecule has 2 rings (SSSR count). The summed E-state index contributed by atoms with van der Waals surface area (Å²) >= 11 is 5.68. The second kappa shape index (κ2) is 2.24. The summed E-state index contributed by atoms with van der Waals surface area (Å²) < 4.78 is 4.86. The van der Waals surface area contributed by atoms with Gasteiger partial charge in [0, 0.05) is 10.6 Å². The molecule has 0 spiro atoms. The topological polar surface area (TPSA) is 26.3 Å². The van der Waals surface area contributed by atoms with Gasteiger partial charge in [-0.15, -0.1) is 0 Å². The molecule has 0 bridgehead atoms. The van der Waals surface area contributed by atoms with E-state index in [0.717, 1.165) is 5.56 Å². The highest BCUT2D eigenvalue weighted by molar-refractivity contribution is 6.30. The van der Waals surface area contributed by atoms with Crippen molar-refractivity contribution in [2.75, 3.05) is 0 Å². The van der Waals surface area contributed by atoms with Gasteiger partial charge < -0.3 is 4.74 Å². The van der Waals surface area contributed by atoms with Crippen LogP contribution in [0.5, 0.6) is 5.75 Å². The molecule has 3 heteroatoms. The van der Waals surface area contributed by atoms with E-state index in [9.17, 15) is 4.79 Å². The number of hydrogen-bond donors (Lipinski definition) is 0. The van der Waals surface area contributed by atoms with E-state index < -0.39 is 0 Å². The monoisotopic (exact) mass is 168 g/mol. The fourth-order valence-electron chi connectivity index (χ4n) is 1.08. The lowest BCUT2D eigenvalue weighted by molar-refractivity contribution is -0.131. The van der Waals surface area contributed by atoms with Crippen molar-refractivity contribution in [3.05, 3.63) is 28.8 Å². The number of halogens is 1. The SMILES string of the molecule is O=C1Cc2ccc(Cl)cc2O1. The minimum atomic E-state index is -0.206. The van der Waals surface area contributed by atoms with Gasteiger partial charge in [0.1, 0.15) is 5.75 Å². The number of fused-ring (bicyclic) bond motifs is 1. The van der Waals surface area contributed by atoms with Crippen LogP contribution < -0.4 is 4.74 Å². The fraction of sp³-hybridized carbons (Fsp3) is 0.125. The van der Waals surface area contributed by atoms with Gasteiger partial charge in [0.25, 0.3) is 0 Å². The van der Waals surface area contributed by atoms with E-state index in [0.29, 0.717) is 17.2 Å². The Hall–Kier alpha value is -1.02. The van der Waals surface area contributed by atoms with E-state index in [1.807, 2.05) is 6.07 Å². The predicted octanol–water partition coefficient (Wildman–Crippen LogP) is 1.80. The van der Waals surface area contributed by atoms with Crippen LogP contribution in [0.4, 0.5) is 0 Å². The first-order valence-corrected chi connectivity index (χ1v) is 3.62. The lowest BCUT2D eigenvalue weighted by Crippen LogP contribution is -2.00. The van der Waals surface area contributed by atoms with Crippen LogP contribution in [0.3, 0.4) is 0 Å². The zero-order valence-electron chi connectivity index (χ0n) is 5.63. The van der Waals surface area contributed by atoms with Gasteiger partial charge in [0.05, 0.1) is 6.42 Å². The zero-order valence-corrected chi connectivity index (χ0v) is 6.39. The first-order chi connectivity index (χ1) is 5.25. The molecule has 0 atom stereocenters. The van der Waals surface area contributed by atoms with Gasteiger partial charge in [-0.25, -0.2) is 0 Å². The number of benzene rings is 1. The van der Waals surface area contributed by atoms with Crippen LogP contribution in [0.15, 0.2) is 18.2 Å². The second-order valence-corrected chi connectivity index (χ2v) is 2.84. The van der Waals surface area contributed by atoms with Gasteiger partial charge in [-0.1, -0.05) is 17.7 Å². The maximum Gasteiger partial charge on any atom is 0.315 e. The van der Waals surface area contributed by atoms with Crippen LogP contribution in [0.2, 0.25) is 5.02 Å². The van der Waals surface area contributed by atoms with Crippen LogP contribution in [0.1, 0.15) is 5.56 Å². The molecule has 56 valence electrons. The van der Waals surface area contributed by atoms with E-state index in [1.54, 1.807) is 12.1 Å². The lowest BCUT2D eigenvalue weighted by Gasteiger charge is -1.95. The zero-order chi connectivity index (χ0) is 7.84. The number of carbonyl (C=O) groups is 1. The van der Waals surface area contributed by atoms with Gasteiger partial charge in [0.2, 0.25) is 0 Å².